The standard InChI is InChI=1S/C36H43N5O6/c1-23-10-9-13-28(18-23)29-19-30(41(21-29)35(45)47-36(3,4)5)33(43)39-24(2)32(42)38-20-25-14-16-27(17-15-25)31(37)40-34(44)46-22-26-11-7-6-8-12-26/h6-18,24,29-30H,19-22H2,1-5H3,(H,38,42)(H,39,43)(H2,37,40,44)/t24-,29-,30+/m0/s1. The fourth-order valence-electron chi connectivity index (χ4n) is 5.21. The van der Waals surface area contributed by atoms with Crippen molar-refractivity contribution in [2.24, 2.45) is 0 Å². The molecule has 1 heterocycles. The van der Waals surface area contributed by atoms with Gasteiger partial charge in [0.25, 0.3) is 0 Å². The van der Waals surface area contributed by atoms with E-state index < -0.39 is 41.7 Å². The summed E-state index contributed by atoms with van der Waals surface area (Å²) in [4.78, 5) is 53.0. The molecule has 11 heteroatoms. The van der Waals surface area contributed by atoms with Crippen LogP contribution in [0.2, 0.25) is 0 Å². The van der Waals surface area contributed by atoms with E-state index in [1.807, 2.05) is 55.5 Å². The SMILES string of the molecule is Cc1cccc([C@H]2C[C@H](C(=O)N[C@@H](C)C(=O)NCc3ccc(C(=N)NC(=O)OCc4ccccc4)cc3)N(C(=O)OC(C)(C)C)C2)c1. The maximum Gasteiger partial charge on any atom is 0.413 e. The number of carbonyl (C=O) groups excluding carboxylic acids is 4. The Morgan fingerprint density at radius 2 is 1.66 bits per heavy atom. The second-order valence-corrected chi connectivity index (χ2v) is 12.7. The molecule has 0 aliphatic carbocycles. The van der Waals surface area contributed by atoms with E-state index in [-0.39, 0.29) is 24.9 Å². The molecular formula is C36H43N5O6. The molecule has 0 unspecified atom stereocenters. The van der Waals surface area contributed by atoms with Crippen molar-refractivity contribution in [1.82, 2.24) is 20.9 Å². The summed E-state index contributed by atoms with van der Waals surface area (Å²) in [5.41, 5.74) is 3.46. The molecule has 3 atom stereocenters. The predicted molar refractivity (Wildman–Crippen MR) is 178 cm³/mol. The Labute approximate surface area is 275 Å². The number of nitrogens with one attached hydrogen (secondary N) is 4. The van der Waals surface area contributed by atoms with Crippen LogP contribution in [0.15, 0.2) is 78.9 Å². The van der Waals surface area contributed by atoms with Gasteiger partial charge in [0.15, 0.2) is 0 Å². The summed E-state index contributed by atoms with van der Waals surface area (Å²) in [5.74, 6) is -0.991. The number of benzene rings is 3. The first-order valence-electron chi connectivity index (χ1n) is 15.6. The summed E-state index contributed by atoms with van der Waals surface area (Å²) in [5, 5.41) is 16.2. The van der Waals surface area contributed by atoms with Crippen molar-refractivity contribution in [2.75, 3.05) is 6.54 Å². The number of ether oxygens (including phenoxy) is 2. The number of amidine groups is 1. The van der Waals surface area contributed by atoms with Gasteiger partial charge in [-0.05, 0) is 57.7 Å². The molecule has 4 rings (SSSR count). The molecule has 0 bridgehead atoms. The zero-order valence-corrected chi connectivity index (χ0v) is 27.5. The van der Waals surface area contributed by atoms with Gasteiger partial charge in [-0.3, -0.25) is 25.2 Å². The van der Waals surface area contributed by atoms with Crippen molar-refractivity contribution >= 4 is 29.8 Å². The van der Waals surface area contributed by atoms with Gasteiger partial charge in [0.1, 0.15) is 30.1 Å². The molecule has 4 N–H and O–H groups in total. The van der Waals surface area contributed by atoms with Crippen molar-refractivity contribution in [3.8, 4) is 0 Å². The summed E-state index contributed by atoms with van der Waals surface area (Å²) in [6.07, 6.45) is -0.895. The van der Waals surface area contributed by atoms with Crippen LogP contribution in [0, 0.1) is 12.3 Å². The fraction of sp³-hybridized carbons (Fsp3) is 0.361. The molecule has 1 saturated heterocycles. The van der Waals surface area contributed by atoms with Crippen molar-refractivity contribution < 1.29 is 28.7 Å². The van der Waals surface area contributed by atoms with Gasteiger partial charge >= 0.3 is 12.2 Å². The Bertz CT molecular complexity index is 1590. The second kappa shape index (κ2) is 15.4. The van der Waals surface area contributed by atoms with Crippen molar-refractivity contribution in [1.29, 1.82) is 5.41 Å². The minimum Gasteiger partial charge on any atom is -0.444 e. The highest BCUT2D eigenvalue weighted by molar-refractivity contribution is 6.04. The Balaban J connectivity index is 1.28. The molecule has 3 aromatic rings. The summed E-state index contributed by atoms with van der Waals surface area (Å²) in [7, 11) is 0. The molecule has 0 aromatic heterocycles. The van der Waals surface area contributed by atoms with Crippen LogP contribution in [0.1, 0.15) is 67.9 Å². The summed E-state index contributed by atoms with van der Waals surface area (Å²) < 4.78 is 10.8. The molecule has 4 amide bonds. The zero-order valence-electron chi connectivity index (χ0n) is 27.5. The van der Waals surface area contributed by atoms with Crippen molar-refractivity contribution in [3.05, 3.63) is 107 Å². The monoisotopic (exact) mass is 641 g/mol. The molecule has 11 nitrogen and oxygen atoms in total. The molecular weight excluding hydrogens is 598 g/mol. The third-order valence-corrected chi connectivity index (χ3v) is 7.65. The number of likely N-dealkylation sites (tertiary alicyclic amines) is 1. The zero-order chi connectivity index (χ0) is 34.1. The minimum absolute atomic E-state index is 0.0538. The lowest BCUT2D eigenvalue weighted by atomic mass is 9.95. The first-order valence-corrected chi connectivity index (χ1v) is 15.6. The summed E-state index contributed by atoms with van der Waals surface area (Å²) >= 11 is 0. The van der Waals surface area contributed by atoms with Gasteiger partial charge in [0.2, 0.25) is 11.8 Å². The Kier molecular flexibility index (Phi) is 11.4. The smallest absolute Gasteiger partial charge is 0.413 e. The highest BCUT2D eigenvalue weighted by atomic mass is 16.6. The topological polar surface area (TPSA) is 150 Å². The average molecular weight is 642 g/mol. The molecule has 3 aromatic carbocycles. The number of nitrogens with zero attached hydrogens (tertiary/aromatic N) is 1. The highest BCUT2D eigenvalue weighted by Gasteiger charge is 2.42. The maximum atomic E-state index is 13.5. The van der Waals surface area contributed by atoms with E-state index in [4.69, 9.17) is 14.9 Å². The second-order valence-electron chi connectivity index (χ2n) is 12.7. The van der Waals surface area contributed by atoms with Crippen LogP contribution in [-0.2, 0) is 32.2 Å². The molecule has 47 heavy (non-hydrogen) atoms. The van der Waals surface area contributed by atoms with Gasteiger partial charge in [0, 0.05) is 24.6 Å². The summed E-state index contributed by atoms with van der Waals surface area (Å²) in [6, 6.07) is 22.4. The Hall–Kier alpha value is -5.19. The lowest BCUT2D eigenvalue weighted by Gasteiger charge is -2.28. The van der Waals surface area contributed by atoms with E-state index in [2.05, 4.69) is 22.0 Å². The van der Waals surface area contributed by atoms with E-state index >= 15 is 0 Å². The van der Waals surface area contributed by atoms with E-state index in [0.29, 0.717) is 18.5 Å². The van der Waals surface area contributed by atoms with Gasteiger partial charge < -0.3 is 20.1 Å². The van der Waals surface area contributed by atoms with Gasteiger partial charge in [-0.1, -0.05) is 84.4 Å². The lowest BCUT2D eigenvalue weighted by molar-refractivity contribution is -0.131. The van der Waals surface area contributed by atoms with Crippen LogP contribution < -0.4 is 16.0 Å². The number of amides is 4. The molecule has 1 fully saturated rings. The number of aryl methyl sites for hydroxylation is 1. The van der Waals surface area contributed by atoms with Crippen LogP contribution in [-0.4, -0.2) is 59.0 Å². The fourth-order valence-corrected chi connectivity index (χ4v) is 5.21. The molecule has 248 valence electrons. The third-order valence-electron chi connectivity index (χ3n) is 7.65. The van der Waals surface area contributed by atoms with E-state index in [1.54, 1.807) is 52.0 Å². The molecule has 1 aliphatic heterocycles. The Morgan fingerprint density at radius 3 is 2.32 bits per heavy atom. The lowest BCUT2D eigenvalue weighted by Crippen LogP contribution is -2.52. The molecule has 0 radical (unpaired) electrons. The van der Waals surface area contributed by atoms with Crippen LogP contribution >= 0.6 is 0 Å². The van der Waals surface area contributed by atoms with Gasteiger partial charge in [-0.15, -0.1) is 0 Å². The highest BCUT2D eigenvalue weighted by Crippen LogP contribution is 2.33. The number of hydrogen-bond donors (Lipinski definition) is 4. The van der Waals surface area contributed by atoms with Crippen LogP contribution in [0.25, 0.3) is 0 Å². The van der Waals surface area contributed by atoms with Crippen molar-refractivity contribution in [3.63, 3.8) is 0 Å². The summed E-state index contributed by atoms with van der Waals surface area (Å²) in [6.45, 7) is 9.52. The average Bonchev–Trinajstić information content (AvgIpc) is 3.49. The number of hydrogen-bond acceptors (Lipinski definition) is 7. The van der Waals surface area contributed by atoms with E-state index in [1.165, 1.54) is 4.90 Å². The molecule has 1 aliphatic rings. The maximum absolute atomic E-state index is 13.5. The number of rotatable bonds is 9. The number of alkyl carbamates (subject to hydrolysis) is 1. The van der Waals surface area contributed by atoms with Gasteiger partial charge in [-0.2, -0.15) is 0 Å². The quantitative estimate of drug-likeness (QED) is 0.187. The van der Waals surface area contributed by atoms with Gasteiger partial charge in [0.05, 0.1) is 0 Å². The van der Waals surface area contributed by atoms with Crippen LogP contribution in [0.4, 0.5) is 9.59 Å². The minimum atomic E-state index is -0.862. The van der Waals surface area contributed by atoms with Gasteiger partial charge in [-0.25, -0.2) is 9.59 Å². The largest absolute Gasteiger partial charge is 0.444 e. The predicted octanol–water partition coefficient (Wildman–Crippen LogP) is 5.16. The third kappa shape index (κ3) is 10.2. The first-order chi connectivity index (χ1) is 22.3. The van der Waals surface area contributed by atoms with Crippen molar-refractivity contribution in [2.45, 2.75) is 77.8 Å². The normalized spacial score (nSPS) is 16.5. The van der Waals surface area contributed by atoms with Crippen LogP contribution in [0.5, 0.6) is 0 Å². The van der Waals surface area contributed by atoms with E-state index in [0.717, 1.165) is 22.3 Å². The Morgan fingerprint density at radius 1 is 0.957 bits per heavy atom. The van der Waals surface area contributed by atoms with Crippen LogP contribution in [0.3, 0.4) is 0 Å². The molecule has 0 spiro atoms. The molecule has 0 saturated carbocycles. The van der Waals surface area contributed by atoms with E-state index in [9.17, 15) is 19.2 Å². The number of carbonyl (C=O) groups is 4. The first kappa shape index (κ1) is 34.7.